The van der Waals surface area contributed by atoms with Gasteiger partial charge in [-0.25, -0.2) is 0 Å². The second-order valence-electron chi connectivity index (χ2n) is 7.33. The molecule has 0 aromatic heterocycles. The van der Waals surface area contributed by atoms with Crippen LogP contribution in [0.5, 0.6) is 0 Å². The lowest BCUT2D eigenvalue weighted by Gasteiger charge is -2.37. The Hall–Kier alpha value is -0.530. The molecular formula is C17H28O2. The number of hydrogen-bond donors (Lipinski definition) is 0. The zero-order valence-corrected chi connectivity index (χ0v) is 12.5. The van der Waals surface area contributed by atoms with Gasteiger partial charge in [0.15, 0.2) is 0 Å². The third-order valence-corrected chi connectivity index (χ3v) is 6.24. The van der Waals surface area contributed by atoms with Crippen molar-refractivity contribution in [3.63, 3.8) is 0 Å². The number of ether oxygens (including phenoxy) is 1. The average Bonchev–Trinajstić information content (AvgIpc) is 2.98. The molecule has 0 amide bonds. The summed E-state index contributed by atoms with van der Waals surface area (Å²) in [5.74, 6) is 2.63. The van der Waals surface area contributed by atoms with Crippen LogP contribution in [0.15, 0.2) is 0 Å². The topological polar surface area (TPSA) is 26.3 Å². The highest BCUT2D eigenvalue weighted by Crippen LogP contribution is 2.52. The Morgan fingerprint density at radius 2 is 1.84 bits per heavy atom. The summed E-state index contributed by atoms with van der Waals surface area (Å²) in [6.45, 7) is 4.53. The third kappa shape index (κ3) is 2.43. The van der Waals surface area contributed by atoms with Crippen LogP contribution < -0.4 is 0 Å². The van der Waals surface area contributed by atoms with Crippen molar-refractivity contribution in [3.8, 4) is 0 Å². The standard InChI is InChI=1S/C17H28O2/c1-3-17(7-5-4-6-8-17)19-16(18)15-11-13-10-14(15)9-12(13)2/h12-15H,3-11H2,1-2H3. The van der Waals surface area contributed by atoms with Crippen molar-refractivity contribution in [1.29, 1.82) is 0 Å². The summed E-state index contributed by atoms with van der Waals surface area (Å²) in [4.78, 5) is 12.6. The van der Waals surface area contributed by atoms with Crippen molar-refractivity contribution in [3.05, 3.63) is 0 Å². The highest BCUT2D eigenvalue weighted by atomic mass is 16.6. The van der Waals surface area contributed by atoms with Gasteiger partial charge in [-0.2, -0.15) is 0 Å². The van der Waals surface area contributed by atoms with Gasteiger partial charge in [0, 0.05) is 0 Å². The molecule has 2 bridgehead atoms. The van der Waals surface area contributed by atoms with Gasteiger partial charge in [-0.15, -0.1) is 0 Å². The molecule has 108 valence electrons. The second-order valence-corrected chi connectivity index (χ2v) is 7.33. The number of carbonyl (C=O) groups excluding carboxylic acids is 1. The lowest BCUT2D eigenvalue weighted by atomic mass is 9.81. The van der Waals surface area contributed by atoms with Gasteiger partial charge in [0.2, 0.25) is 0 Å². The van der Waals surface area contributed by atoms with E-state index in [2.05, 4.69) is 13.8 Å². The van der Waals surface area contributed by atoms with E-state index in [0.717, 1.165) is 37.5 Å². The summed E-state index contributed by atoms with van der Waals surface area (Å²) in [5.41, 5.74) is -0.108. The van der Waals surface area contributed by atoms with E-state index >= 15 is 0 Å². The first-order chi connectivity index (χ1) is 9.13. The number of carbonyl (C=O) groups is 1. The molecule has 3 saturated carbocycles. The zero-order valence-electron chi connectivity index (χ0n) is 12.5. The fraction of sp³-hybridized carbons (Fsp3) is 0.941. The van der Waals surface area contributed by atoms with Crippen molar-refractivity contribution in [1.82, 2.24) is 0 Å². The Morgan fingerprint density at radius 3 is 2.37 bits per heavy atom. The summed E-state index contributed by atoms with van der Waals surface area (Å²) >= 11 is 0. The quantitative estimate of drug-likeness (QED) is 0.709. The molecule has 0 saturated heterocycles. The first-order valence-electron chi connectivity index (χ1n) is 8.36. The van der Waals surface area contributed by atoms with Gasteiger partial charge in [0.1, 0.15) is 5.60 Å². The second kappa shape index (κ2) is 5.10. The van der Waals surface area contributed by atoms with E-state index in [1.165, 1.54) is 32.1 Å². The zero-order chi connectivity index (χ0) is 13.5. The predicted molar refractivity (Wildman–Crippen MR) is 75.7 cm³/mol. The fourth-order valence-electron chi connectivity index (χ4n) is 4.86. The van der Waals surface area contributed by atoms with Crippen LogP contribution >= 0.6 is 0 Å². The molecule has 4 unspecified atom stereocenters. The van der Waals surface area contributed by atoms with Crippen LogP contribution in [0.25, 0.3) is 0 Å². The molecule has 0 aromatic carbocycles. The number of esters is 1. The first kappa shape index (κ1) is 13.5. The highest BCUT2D eigenvalue weighted by Gasteiger charge is 2.49. The summed E-state index contributed by atoms with van der Waals surface area (Å²) in [6, 6.07) is 0. The van der Waals surface area contributed by atoms with Crippen molar-refractivity contribution in [2.45, 2.75) is 77.2 Å². The third-order valence-electron chi connectivity index (χ3n) is 6.24. The van der Waals surface area contributed by atoms with Crippen molar-refractivity contribution in [2.75, 3.05) is 0 Å². The van der Waals surface area contributed by atoms with Gasteiger partial charge in [-0.3, -0.25) is 4.79 Å². The molecular weight excluding hydrogens is 236 g/mol. The largest absolute Gasteiger partial charge is 0.459 e. The average molecular weight is 264 g/mol. The molecule has 0 spiro atoms. The summed E-state index contributed by atoms with van der Waals surface area (Å²) < 4.78 is 6.06. The van der Waals surface area contributed by atoms with Crippen LogP contribution in [0.1, 0.15) is 71.6 Å². The monoisotopic (exact) mass is 264 g/mol. The SMILES string of the molecule is CCC1(OC(=O)C2CC3CC2CC3C)CCCCC1. The van der Waals surface area contributed by atoms with E-state index < -0.39 is 0 Å². The number of rotatable bonds is 3. The highest BCUT2D eigenvalue weighted by molar-refractivity contribution is 5.74. The molecule has 0 N–H and O–H groups in total. The van der Waals surface area contributed by atoms with Crippen LogP contribution in [-0.2, 0) is 9.53 Å². The predicted octanol–water partition coefficient (Wildman–Crippen LogP) is 4.32. The van der Waals surface area contributed by atoms with Gasteiger partial charge in [-0.1, -0.05) is 20.3 Å². The molecule has 19 heavy (non-hydrogen) atoms. The van der Waals surface area contributed by atoms with Gasteiger partial charge < -0.3 is 4.74 Å². The Bertz CT molecular complexity index is 341. The summed E-state index contributed by atoms with van der Waals surface area (Å²) in [7, 11) is 0. The van der Waals surface area contributed by atoms with E-state index in [1.54, 1.807) is 0 Å². The van der Waals surface area contributed by atoms with Gasteiger partial charge >= 0.3 is 5.97 Å². The Kier molecular flexibility index (Phi) is 3.61. The minimum absolute atomic E-state index is 0.108. The number of hydrogen-bond acceptors (Lipinski definition) is 2. The maximum absolute atomic E-state index is 12.6. The minimum atomic E-state index is -0.108. The Balaban J connectivity index is 1.62. The van der Waals surface area contributed by atoms with Crippen LogP contribution in [0, 0.1) is 23.7 Å². The Morgan fingerprint density at radius 1 is 1.11 bits per heavy atom. The van der Waals surface area contributed by atoms with E-state index in [0.29, 0.717) is 5.92 Å². The lowest BCUT2D eigenvalue weighted by molar-refractivity contribution is -0.171. The van der Waals surface area contributed by atoms with E-state index in [1.807, 2.05) is 0 Å². The molecule has 0 aliphatic heterocycles. The molecule has 0 radical (unpaired) electrons. The molecule has 3 rings (SSSR count). The van der Waals surface area contributed by atoms with Crippen molar-refractivity contribution < 1.29 is 9.53 Å². The summed E-state index contributed by atoms with van der Waals surface area (Å²) in [6.07, 6.45) is 10.6. The molecule has 4 atom stereocenters. The molecule has 2 heteroatoms. The van der Waals surface area contributed by atoms with Crippen LogP contribution in [0.4, 0.5) is 0 Å². The minimum Gasteiger partial charge on any atom is -0.459 e. The first-order valence-corrected chi connectivity index (χ1v) is 8.36. The van der Waals surface area contributed by atoms with Crippen LogP contribution in [-0.4, -0.2) is 11.6 Å². The van der Waals surface area contributed by atoms with Crippen molar-refractivity contribution >= 4 is 5.97 Å². The normalized spacial score (nSPS) is 40.3. The maximum Gasteiger partial charge on any atom is 0.309 e. The molecule has 3 fully saturated rings. The number of fused-ring (bicyclic) bond motifs is 2. The molecule has 3 aliphatic carbocycles. The van der Waals surface area contributed by atoms with Gasteiger partial charge in [0.25, 0.3) is 0 Å². The molecule has 2 nitrogen and oxygen atoms in total. The van der Waals surface area contributed by atoms with Crippen LogP contribution in [0.3, 0.4) is 0 Å². The fourth-order valence-corrected chi connectivity index (χ4v) is 4.86. The van der Waals surface area contributed by atoms with Crippen molar-refractivity contribution in [2.24, 2.45) is 23.7 Å². The molecule has 3 aliphatic rings. The van der Waals surface area contributed by atoms with E-state index in [-0.39, 0.29) is 17.5 Å². The smallest absolute Gasteiger partial charge is 0.309 e. The van der Waals surface area contributed by atoms with E-state index in [4.69, 9.17) is 4.74 Å². The molecule has 0 heterocycles. The Labute approximate surface area is 117 Å². The van der Waals surface area contributed by atoms with Crippen LogP contribution in [0.2, 0.25) is 0 Å². The summed E-state index contributed by atoms with van der Waals surface area (Å²) in [5, 5.41) is 0. The molecule has 0 aromatic rings. The van der Waals surface area contributed by atoms with E-state index in [9.17, 15) is 4.79 Å². The lowest BCUT2D eigenvalue weighted by Crippen LogP contribution is -2.39. The van der Waals surface area contributed by atoms with Gasteiger partial charge in [-0.05, 0) is 69.1 Å². The van der Waals surface area contributed by atoms with Gasteiger partial charge in [0.05, 0.1) is 5.92 Å². The maximum atomic E-state index is 12.6.